The van der Waals surface area contributed by atoms with Crippen molar-refractivity contribution in [3.63, 3.8) is 0 Å². The van der Waals surface area contributed by atoms with Crippen LogP contribution in [0.1, 0.15) is 44.3 Å². The maximum Gasteiger partial charge on any atom is 0.194 e. The lowest BCUT2D eigenvalue weighted by molar-refractivity contribution is 0.0978. The Kier molecular flexibility index (Phi) is 2.73. The van der Waals surface area contributed by atoms with Gasteiger partial charge in [-0.1, -0.05) is 49.4 Å². The monoisotopic (exact) mass is 286 g/mol. The van der Waals surface area contributed by atoms with E-state index in [0.717, 1.165) is 22.8 Å². The van der Waals surface area contributed by atoms with Crippen LogP contribution in [0.2, 0.25) is 0 Å². The van der Waals surface area contributed by atoms with Crippen LogP contribution in [-0.2, 0) is 6.42 Å². The van der Waals surface area contributed by atoms with Crippen LogP contribution >= 0.6 is 0 Å². The van der Waals surface area contributed by atoms with Gasteiger partial charge >= 0.3 is 0 Å². The van der Waals surface area contributed by atoms with Gasteiger partial charge in [0.25, 0.3) is 0 Å². The van der Waals surface area contributed by atoms with Gasteiger partial charge in [0.05, 0.1) is 0 Å². The van der Waals surface area contributed by atoms with Gasteiger partial charge in [-0.25, -0.2) is 0 Å². The summed E-state index contributed by atoms with van der Waals surface area (Å²) in [5.41, 5.74) is 3.10. The van der Waals surface area contributed by atoms with E-state index in [1.165, 1.54) is 0 Å². The fourth-order valence-corrected chi connectivity index (χ4v) is 3.25. The van der Waals surface area contributed by atoms with E-state index in [1.807, 2.05) is 55.5 Å². The summed E-state index contributed by atoms with van der Waals surface area (Å²) in [4.78, 5) is 25.7. The highest BCUT2D eigenvalue weighted by atomic mass is 16.1. The van der Waals surface area contributed by atoms with Crippen molar-refractivity contribution in [2.24, 2.45) is 0 Å². The summed E-state index contributed by atoms with van der Waals surface area (Å²) in [6, 6.07) is 17.0. The van der Waals surface area contributed by atoms with Crippen LogP contribution in [0, 0.1) is 0 Å². The first-order chi connectivity index (χ1) is 10.7. The van der Waals surface area contributed by atoms with E-state index in [9.17, 15) is 9.59 Å². The van der Waals surface area contributed by atoms with Crippen LogP contribution in [0.15, 0.2) is 54.6 Å². The van der Waals surface area contributed by atoms with Crippen molar-refractivity contribution in [3.05, 3.63) is 82.4 Å². The molecular formula is C20H14O2. The molecule has 3 aromatic rings. The molecule has 3 aromatic carbocycles. The first-order valence-corrected chi connectivity index (χ1v) is 7.44. The quantitative estimate of drug-likeness (QED) is 0.526. The fraction of sp³-hybridized carbons (Fsp3) is 0.100. The van der Waals surface area contributed by atoms with Crippen molar-refractivity contribution in [2.45, 2.75) is 13.3 Å². The van der Waals surface area contributed by atoms with Gasteiger partial charge < -0.3 is 0 Å². The van der Waals surface area contributed by atoms with E-state index in [-0.39, 0.29) is 11.6 Å². The minimum atomic E-state index is -0.0503. The van der Waals surface area contributed by atoms with Crippen molar-refractivity contribution < 1.29 is 9.59 Å². The molecule has 0 bridgehead atoms. The molecule has 0 atom stereocenters. The third-order valence-electron chi connectivity index (χ3n) is 4.38. The Labute approximate surface area is 128 Å². The summed E-state index contributed by atoms with van der Waals surface area (Å²) in [7, 11) is 0. The lowest BCUT2D eigenvalue weighted by Gasteiger charge is -2.20. The number of hydrogen-bond donors (Lipinski definition) is 0. The van der Waals surface area contributed by atoms with E-state index >= 15 is 0 Å². The van der Waals surface area contributed by atoms with E-state index in [2.05, 4.69) is 0 Å². The topological polar surface area (TPSA) is 34.1 Å². The zero-order valence-corrected chi connectivity index (χ0v) is 12.2. The van der Waals surface area contributed by atoms with Crippen LogP contribution in [0.3, 0.4) is 0 Å². The average molecular weight is 286 g/mol. The molecule has 0 aliphatic heterocycles. The highest BCUT2D eigenvalue weighted by molar-refractivity contribution is 6.30. The Hall–Kier alpha value is -2.74. The maximum atomic E-state index is 12.9. The van der Waals surface area contributed by atoms with E-state index in [1.54, 1.807) is 6.07 Å². The minimum Gasteiger partial charge on any atom is -0.289 e. The summed E-state index contributed by atoms with van der Waals surface area (Å²) in [5.74, 6) is -0.0848. The van der Waals surface area contributed by atoms with Crippen molar-refractivity contribution >= 4 is 22.3 Å². The third kappa shape index (κ3) is 1.67. The van der Waals surface area contributed by atoms with E-state index in [4.69, 9.17) is 0 Å². The van der Waals surface area contributed by atoms with Crippen LogP contribution in [0.4, 0.5) is 0 Å². The fourth-order valence-electron chi connectivity index (χ4n) is 3.25. The Morgan fingerprint density at radius 3 is 2.00 bits per heavy atom. The average Bonchev–Trinajstić information content (AvgIpc) is 2.57. The Morgan fingerprint density at radius 1 is 0.727 bits per heavy atom. The third-order valence-corrected chi connectivity index (χ3v) is 4.38. The number of aryl methyl sites for hydroxylation is 1. The molecule has 0 heterocycles. The molecule has 0 saturated heterocycles. The Morgan fingerprint density at radius 2 is 1.36 bits per heavy atom. The number of ketones is 2. The SMILES string of the molecule is CCc1cccc2c1C(=O)c1cc3ccccc3cc1C2=O. The van der Waals surface area contributed by atoms with Gasteiger partial charge in [0, 0.05) is 22.3 Å². The van der Waals surface area contributed by atoms with Gasteiger partial charge in [0.2, 0.25) is 0 Å². The molecule has 0 amide bonds. The summed E-state index contributed by atoms with van der Waals surface area (Å²) in [6.07, 6.45) is 0.741. The van der Waals surface area contributed by atoms with Gasteiger partial charge in [0.15, 0.2) is 11.6 Å². The predicted molar refractivity (Wildman–Crippen MR) is 86.6 cm³/mol. The molecule has 0 aromatic heterocycles. The van der Waals surface area contributed by atoms with Gasteiger partial charge in [-0.05, 0) is 34.9 Å². The number of benzene rings is 3. The van der Waals surface area contributed by atoms with Gasteiger partial charge in [-0.3, -0.25) is 9.59 Å². The van der Waals surface area contributed by atoms with Gasteiger partial charge in [-0.15, -0.1) is 0 Å². The second-order valence-electron chi connectivity index (χ2n) is 5.60. The largest absolute Gasteiger partial charge is 0.289 e. The molecule has 2 nitrogen and oxygen atoms in total. The highest BCUT2D eigenvalue weighted by Gasteiger charge is 2.31. The molecule has 0 unspecified atom stereocenters. The molecule has 2 heteroatoms. The number of fused-ring (bicyclic) bond motifs is 3. The molecule has 0 radical (unpaired) electrons. The van der Waals surface area contributed by atoms with Crippen molar-refractivity contribution in [3.8, 4) is 0 Å². The first kappa shape index (κ1) is 13.0. The standard InChI is InChI=1S/C20H14O2/c1-2-12-8-5-9-15-18(12)20(22)17-11-14-7-4-3-6-13(14)10-16(17)19(15)21/h3-11H,2H2,1H3. The number of carbonyl (C=O) groups is 2. The molecule has 1 aliphatic carbocycles. The van der Waals surface area contributed by atoms with Gasteiger partial charge in [-0.2, -0.15) is 0 Å². The molecule has 0 N–H and O–H groups in total. The van der Waals surface area contributed by atoms with Crippen molar-refractivity contribution in [1.82, 2.24) is 0 Å². The zero-order valence-electron chi connectivity index (χ0n) is 12.2. The van der Waals surface area contributed by atoms with E-state index in [0.29, 0.717) is 22.3 Å². The molecule has 0 saturated carbocycles. The van der Waals surface area contributed by atoms with Crippen LogP contribution in [-0.4, -0.2) is 11.6 Å². The summed E-state index contributed by atoms with van der Waals surface area (Å²) < 4.78 is 0. The second kappa shape index (κ2) is 4.63. The van der Waals surface area contributed by atoms with Crippen LogP contribution in [0.25, 0.3) is 10.8 Å². The van der Waals surface area contributed by atoms with Crippen molar-refractivity contribution in [1.29, 1.82) is 0 Å². The lowest BCUT2D eigenvalue weighted by Crippen LogP contribution is -2.22. The Bertz CT molecular complexity index is 951. The minimum absolute atomic E-state index is 0.0344. The molecule has 1 aliphatic rings. The van der Waals surface area contributed by atoms with Crippen LogP contribution in [0.5, 0.6) is 0 Å². The molecule has 106 valence electrons. The molecule has 0 spiro atoms. The predicted octanol–water partition coefficient (Wildman–Crippen LogP) is 4.18. The smallest absolute Gasteiger partial charge is 0.194 e. The molecule has 22 heavy (non-hydrogen) atoms. The second-order valence-corrected chi connectivity index (χ2v) is 5.60. The first-order valence-electron chi connectivity index (χ1n) is 7.44. The summed E-state index contributed by atoms with van der Waals surface area (Å²) >= 11 is 0. The van der Waals surface area contributed by atoms with E-state index < -0.39 is 0 Å². The molecular weight excluding hydrogens is 272 g/mol. The number of carbonyl (C=O) groups excluding carboxylic acids is 2. The lowest BCUT2D eigenvalue weighted by atomic mass is 9.80. The molecule has 0 fully saturated rings. The highest BCUT2D eigenvalue weighted by Crippen LogP contribution is 2.32. The van der Waals surface area contributed by atoms with Gasteiger partial charge in [0.1, 0.15) is 0 Å². The number of rotatable bonds is 1. The maximum absolute atomic E-state index is 12.9. The van der Waals surface area contributed by atoms with Crippen LogP contribution < -0.4 is 0 Å². The normalized spacial score (nSPS) is 13.1. The summed E-state index contributed by atoms with van der Waals surface area (Å²) in [5, 5.41) is 1.97. The summed E-state index contributed by atoms with van der Waals surface area (Å²) in [6.45, 7) is 2.00. The van der Waals surface area contributed by atoms with Crippen molar-refractivity contribution in [2.75, 3.05) is 0 Å². The Balaban J connectivity index is 2.06. The molecule has 4 rings (SSSR count). The number of hydrogen-bond acceptors (Lipinski definition) is 2. The zero-order chi connectivity index (χ0) is 15.3.